The maximum absolute atomic E-state index is 4.05. The van der Waals surface area contributed by atoms with Crippen LogP contribution < -0.4 is 0 Å². The minimum atomic E-state index is 1.12. The molecule has 1 nitrogen and oxygen atoms in total. The van der Waals surface area contributed by atoms with Gasteiger partial charge < -0.3 is 0 Å². The molecule has 0 N–H and O–H groups in total. The summed E-state index contributed by atoms with van der Waals surface area (Å²) in [5.41, 5.74) is 1.12. The van der Waals surface area contributed by atoms with Gasteiger partial charge in [0.2, 0.25) is 0 Å². The second kappa shape index (κ2) is 2.09. The molecule has 0 unspecified atom stereocenters. The van der Waals surface area contributed by atoms with Crippen molar-refractivity contribution in [3.63, 3.8) is 0 Å². The Kier molecular flexibility index (Phi) is 1.64. The lowest BCUT2D eigenvalue weighted by atomic mass is 10.5. The summed E-state index contributed by atoms with van der Waals surface area (Å²) in [6.07, 6.45) is 0. The van der Waals surface area contributed by atoms with Gasteiger partial charge in [-0.25, -0.2) is 0 Å². The van der Waals surface area contributed by atoms with Crippen molar-refractivity contribution in [2.75, 3.05) is 0 Å². The van der Waals surface area contributed by atoms with Gasteiger partial charge in [-0.3, -0.25) is 0 Å². The Hall–Kier alpha value is 0.360. The molecule has 3 heteroatoms. The molecule has 0 atom stereocenters. The van der Waals surface area contributed by atoms with Gasteiger partial charge in [0.05, 0.1) is 8.58 Å². The van der Waals surface area contributed by atoms with Crippen molar-refractivity contribution in [3.05, 3.63) is 14.6 Å². The molecule has 1 aromatic rings. The topological polar surface area (TPSA) is 12.9 Å². The molecule has 0 saturated carbocycles. The molecular formula is C4H4INS. The zero-order valence-electron chi connectivity index (χ0n) is 3.81. The molecule has 38 valence electrons. The predicted molar refractivity (Wildman–Crippen MR) is 39.6 cm³/mol. The first-order valence-corrected chi connectivity index (χ1v) is 3.73. The molecule has 0 amide bonds. The minimum absolute atomic E-state index is 1.12. The maximum Gasteiger partial charge on any atom is 0.0862 e. The van der Waals surface area contributed by atoms with Crippen molar-refractivity contribution in [1.29, 1.82) is 0 Å². The highest BCUT2D eigenvalue weighted by molar-refractivity contribution is 14.1. The van der Waals surface area contributed by atoms with E-state index in [2.05, 4.69) is 33.0 Å². The van der Waals surface area contributed by atoms with E-state index in [4.69, 9.17) is 0 Å². The van der Waals surface area contributed by atoms with E-state index in [9.17, 15) is 0 Å². The number of nitrogens with zero attached hydrogens (tertiary/aromatic N) is 1. The van der Waals surface area contributed by atoms with Gasteiger partial charge in [0.15, 0.2) is 0 Å². The van der Waals surface area contributed by atoms with Crippen LogP contribution in [-0.4, -0.2) is 4.37 Å². The summed E-state index contributed by atoms with van der Waals surface area (Å²) in [5, 5.41) is 0. The lowest BCUT2D eigenvalue weighted by Crippen LogP contribution is -1.58. The fourth-order valence-corrected chi connectivity index (χ4v) is 1.59. The molecule has 0 aliphatic rings. The molecule has 1 heterocycles. The smallest absolute Gasteiger partial charge is 0.0862 e. The zero-order valence-corrected chi connectivity index (χ0v) is 6.78. The molecule has 1 aromatic heterocycles. The van der Waals surface area contributed by atoms with Crippen molar-refractivity contribution in [3.8, 4) is 0 Å². The lowest BCUT2D eigenvalue weighted by molar-refractivity contribution is 1.34. The van der Waals surface area contributed by atoms with Crippen molar-refractivity contribution < 1.29 is 0 Å². The normalized spacial score (nSPS) is 9.43. The number of rotatable bonds is 0. The first-order chi connectivity index (χ1) is 3.29. The Morgan fingerprint density at radius 1 is 1.86 bits per heavy atom. The van der Waals surface area contributed by atoms with Crippen molar-refractivity contribution >= 4 is 34.1 Å². The van der Waals surface area contributed by atoms with Crippen LogP contribution in [-0.2, 0) is 0 Å². The van der Waals surface area contributed by atoms with Crippen LogP contribution in [0.15, 0.2) is 6.07 Å². The molecular weight excluding hydrogens is 221 g/mol. The Balaban J connectivity index is 3.04. The summed E-state index contributed by atoms with van der Waals surface area (Å²) in [7, 11) is 0. The standard InChI is InChI=1S/C4H4INS/c1-3-2-4(5)7-6-3/h2H,1H3. The third-order valence-corrected chi connectivity index (χ3v) is 2.17. The summed E-state index contributed by atoms with van der Waals surface area (Å²) in [5.74, 6) is 0. The average molecular weight is 225 g/mol. The van der Waals surface area contributed by atoms with Crippen LogP contribution in [0.5, 0.6) is 0 Å². The number of aryl methyl sites for hydroxylation is 1. The maximum atomic E-state index is 4.05. The van der Waals surface area contributed by atoms with E-state index < -0.39 is 0 Å². The minimum Gasteiger partial charge on any atom is -0.197 e. The van der Waals surface area contributed by atoms with Crippen LogP contribution in [0.3, 0.4) is 0 Å². The van der Waals surface area contributed by atoms with Crippen LogP contribution in [0.25, 0.3) is 0 Å². The van der Waals surface area contributed by atoms with E-state index in [1.165, 1.54) is 2.88 Å². The molecule has 0 aliphatic carbocycles. The molecule has 0 saturated heterocycles. The first kappa shape index (κ1) is 5.50. The highest BCUT2D eigenvalue weighted by atomic mass is 127. The highest BCUT2D eigenvalue weighted by Crippen LogP contribution is 2.10. The first-order valence-electron chi connectivity index (χ1n) is 1.88. The van der Waals surface area contributed by atoms with Crippen molar-refractivity contribution in [2.45, 2.75) is 6.92 Å². The summed E-state index contributed by atoms with van der Waals surface area (Å²) < 4.78 is 5.31. The van der Waals surface area contributed by atoms with Crippen molar-refractivity contribution in [1.82, 2.24) is 4.37 Å². The number of hydrogen-bond acceptors (Lipinski definition) is 2. The van der Waals surface area contributed by atoms with Gasteiger partial charge >= 0.3 is 0 Å². The molecule has 0 spiro atoms. The molecule has 1 rings (SSSR count). The van der Waals surface area contributed by atoms with Crippen LogP contribution >= 0.6 is 34.1 Å². The summed E-state index contributed by atoms with van der Waals surface area (Å²) in [4.78, 5) is 0. The van der Waals surface area contributed by atoms with Crippen molar-refractivity contribution in [2.24, 2.45) is 0 Å². The van der Waals surface area contributed by atoms with Gasteiger partial charge in [0.25, 0.3) is 0 Å². The van der Waals surface area contributed by atoms with Gasteiger partial charge in [0.1, 0.15) is 0 Å². The number of aromatic nitrogens is 1. The zero-order chi connectivity index (χ0) is 5.28. The van der Waals surface area contributed by atoms with Crippen LogP contribution in [0.1, 0.15) is 5.69 Å². The molecule has 7 heavy (non-hydrogen) atoms. The molecule has 0 bridgehead atoms. The van der Waals surface area contributed by atoms with Gasteiger partial charge in [-0.05, 0) is 47.1 Å². The van der Waals surface area contributed by atoms with E-state index in [1.807, 2.05) is 6.92 Å². The third-order valence-electron chi connectivity index (χ3n) is 0.599. The van der Waals surface area contributed by atoms with Gasteiger partial charge in [-0.15, -0.1) is 0 Å². The summed E-state index contributed by atoms with van der Waals surface area (Å²) in [6.45, 7) is 2.00. The Morgan fingerprint density at radius 3 is 2.71 bits per heavy atom. The Morgan fingerprint density at radius 2 is 2.57 bits per heavy atom. The number of hydrogen-bond donors (Lipinski definition) is 0. The van der Waals surface area contributed by atoms with Crippen LogP contribution in [0.4, 0.5) is 0 Å². The van der Waals surface area contributed by atoms with E-state index in [0.29, 0.717) is 0 Å². The largest absolute Gasteiger partial charge is 0.197 e. The molecule has 0 aromatic carbocycles. The van der Waals surface area contributed by atoms with Gasteiger partial charge in [-0.1, -0.05) is 0 Å². The van der Waals surface area contributed by atoms with E-state index in [1.54, 1.807) is 11.5 Å². The fraction of sp³-hybridized carbons (Fsp3) is 0.250. The van der Waals surface area contributed by atoms with Crippen LogP contribution in [0.2, 0.25) is 0 Å². The molecule has 0 aliphatic heterocycles. The summed E-state index contributed by atoms with van der Waals surface area (Å²) in [6, 6.07) is 2.06. The second-order valence-electron chi connectivity index (χ2n) is 1.27. The van der Waals surface area contributed by atoms with Crippen LogP contribution in [0, 0.1) is 9.81 Å². The third kappa shape index (κ3) is 1.38. The SMILES string of the molecule is Cc1cc(I)sn1. The quantitative estimate of drug-likeness (QED) is 0.616. The molecule has 0 fully saturated rings. The summed E-state index contributed by atoms with van der Waals surface area (Å²) >= 11 is 3.80. The Bertz CT molecular complexity index is 144. The van der Waals surface area contributed by atoms with E-state index >= 15 is 0 Å². The lowest BCUT2D eigenvalue weighted by Gasteiger charge is -1.65. The van der Waals surface area contributed by atoms with E-state index in [0.717, 1.165) is 5.69 Å². The van der Waals surface area contributed by atoms with E-state index in [-0.39, 0.29) is 0 Å². The number of halogens is 1. The second-order valence-corrected chi connectivity index (χ2v) is 3.97. The highest BCUT2D eigenvalue weighted by Gasteiger charge is 1.88. The fourth-order valence-electron chi connectivity index (χ4n) is 0.333. The predicted octanol–water partition coefficient (Wildman–Crippen LogP) is 2.06. The average Bonchev–Trinajstić information content (AvgIpc) is 1.87. The van der Waals surface area contributed by atoms with Gasteiger partial charge in [-0.2, -0.15) is 4.37 Å². The monoisotopic (exact) mass is 225 g/mol. The molecule has 0 radical (unpaired) electrons. The van der Waals surface area contributed by atoms with Gasteiger partial charge in [0, 0.05) is 0 Å². The Labute approximate surface area is 60.1 Å².